The van der Waals surface area contributed by atoms with Gasteiger partial charge in [-0.2, -0.15) is 0 Å². The van der Waals surface area contributed by atoms with Crippen LogP contribution in [0.25, 0.3) is 22.3 Å². The van der Waals surface area contributed by atoms with Crippen LogP contribution in [0.5, 0.6) is 17.2 Å². The Morgan fingerprint density at radius 3 is 1.48 bits per heavy atom. The summed E-state index contributed by atoms with van der Waals surface area (Å²) in [4.78, 5) is 84.8. The normalized spacial score (nSPS) is 20.3. The Morgan fingerprint density at radius 2 is 1.02 bits per heavy atom. The van der Waals surface area contributed by atoms with E-state index in [1.807, 2.05) is 35.9 Å². The number of methoxy groups -OCH3 is 1. The van der Waals surface area contributed by atoms with Gasteiger partial charge in [0.25, 0.3) is 6.47 Å². The summed E-state index contributed by atoms with van der Waals surface area (Å²) >= 11 is 7.87. The molecule has 0 saturated carbocycles. The molecule has 3 fully saturated rings. The van der Waals surface area contributed by atoms with Crippen molar-refractivity contribution in [3.8, 4) is 39.5 Å². The molecule has 7 heterocycles. The number of benzene rings is 6. The summed E-state index contributed by atoms with van der Waals surface area (Å²) in [5.41, 5.74) is 7.59. The van der Waals surface area contributed by atoms with Crippen molar-refractivity contribution < 1.29 is 95.0 Å². The molecule has 0 spiro atoms. The monoisotopic (exact) mass is 1770 g/mol. The number of hydrogen-bond donors (Lipinski definition) is 7. The Bertz CT molecular complexity index is 5020. The van der Waals surface area contributed by atoms with Gasteiger partial charge >= 0.3 is 19.1 Å². The molecule has 32 heteroatoms. The highest BCUT2D eigenvalue weighted by Crippen LogP contribution is 2.48. The first-order valence-electron chi connectivity index (χ1n) is 40.2. The predicted octanol–water partition coefficient (Wildman–Crippen LogP) is 15.9. The van der Waals surface area contributed by atoms with E-state index in [0.29, 0.717) is 89.4 Å². The smallest absolute Gasteiger partial charge is 0.488 e. The lowest BCUT2D eigenvalue weighted by Gasteiger charge is -2.37. The zero-order valence-electron chi connectivity index (χ0n) is 67.2. The Labute approximate surface area is 715 Å². The summed E-state index contributed by atoms with van der Waals surface area (Å²) in [5, 5.41) is 46.5. The minimum absolute atomic E-state index is 0.0150. The van der Waals surface area contributed by atoms with E-state index in [4.69, 9.17) is 43.2 Å². The molecular formula is C88H98BBrF3N7O17S3. The molecule has 3 aromatic heterocycles. The van der Waals surface area contributed by atoms with Crippen molar-refractivity contribution in [1.29, 1.82) is 0 Å². The fraction of sp³-hybridized carbons (Fsp3) is 0.420. The largest absolute Gasteiger partial charge is 0.490 e. The first-order valence-corrected chi connectivity index (χ1v) is 43.6. The zero-order valence-corrected chi connectivity index (χ0v) is 71.3. The number of carbonyl (C=O) groups excluding carboxylic acids is 5. The third-order valence-corrected chi connectivity index (χ3v) is 25.0. The number of halogens is 4. The van der Waals surface area contributed by atoms with Crippen LogP contribution in [-0.4, -0.2) is 145 Å². The topological polar surface area (TPSA) is 324 Å². The molecule has 3 amide bonds. The third-order valence-electron chi connectivity index (χ3n) is 22.3. The van der Waals surface area contributed by atoms with Gasteiger partial charge in [-0.25, -0.2) is 37.7 Å². The maximum absolute atomic E-state index is 14.5. The van der Waals surface area contributed by atoms with Crippen LogP contribution in [0.1, 0.15) is 183 Å². The summed E-state index contributed by atoms with van der Waals surface area (Å²) in [5.74, 6) is -2.24. The van der Waals surface area contributed by atoms with Crippen molar-refractivity contribution in [3.05, 3.63) is 198 Å². The average molecular weight is 1770 g/mol. The number of aromatic nitrogens is 3. The molecule has 2 aliphatic carbocycles. The molecule has 636 valence electrons. The Morgan fingerprint density at radius 1 is 0.567 bits per heavy atom. The molecule has 6 aromatic carbocycles. The number of thiazole rings is 3. The van der Waals surface area contributed by atoms with Crippen LogP contribution >= 0.6 is 49.9 Å². The van der Waals surface area contributed by atoms with Gasteiger partial charge in [0, 0.05) is 113 Å². The average Bonchev–Trinajstić information content (AvgIpc) is 0.843. The molecule has 24 nitrogen and oxygen atoms in total. The molecule has 4 aliphatic heterocycles. The lowest BCUT2D eigenvalue weighted by atomic mass is 9.68. The van der Waals surface area contributed by atoms with E-state index in [-0.39, 0.29) is 77.5 Å². The molecule has 6 atom stereocenters. The molecule has 0 radical (unpaired) electrons. The number of carbonyl (C=O) groups is 6. The van der Waals surface area contributed by atoms with Crippen LogP contribution < -0.4 is 40.9 Å². The number of carboxylic acids is 1. The molecule has 6 unspecified atom stereocenters. The molecule has 0 bridgehead atoms. The van der Waals surface area contributed by atoms with E-state index < -0.39 is 53.0 Å². The van der Waals surface area contributed by atoms with Crippen LogP contribution in [0, 0.1) is 17.5 Å². The van der Waals surface area contributed by atoms with E-state index in [1.54, 1.807) is 36.1 Å². The highest BCUT2D eigenvalue weighted by atomic mass is 79.9. The van der Waals surface area contributed by atoms with Gasteiger partial charge in [0.15, 0.2) is 15.4 Å². The number of amides is 3. The number of carboxylic acid groups (broad SMARTS) is 1. The molecular weight excluding hydrogens is 1670 g/mol. The van der Waals surface area contributed by atoms with Gasteiger partial charge in [-0.3, -0.25) is 19.2 Å². The van der Waals surface area contributed by atoms with Crippen LogP contribution in [0.2, 0.25) is 0 Å². The van der Waals surface area contributed by atoms with Gasteiger partial charge in [0.2, 0.25) is 17.7 Å². The number of esters is 1. The maximum atomic E-state index is 14.5. The van der Waals surface area contributed by atoms with Crippen LogP contribution in [0.4, 0.5) is 28.6 Å². The van der Waals surface area contributed by atoms with Crippen LogP contribution in [0.3, 0.4) is 0 Å². The van der Waals surface area contributed by atoms with E-state index >= 15 is 0 Å². The second-order valence-electron chi connectivity index (χ2n) is 31.2. The SMILES string of the molecule is CC1(CC(=O)Nc2nccs2)CCCc2cc(OCC3CCCCO3)c(Br)cc21.CC1(CC(=O)Nc2nccs2)NCCc2cc(OCC3CCCCO3)c(-c3ccc(F)c(C(=O)O)c3)cc21.COC(=O)c1cc(-c2cc3c(cc2OCC2CCCCO2)CCCC3(C)CC(=O)Nc2nccs2)ccc1F.O=COCc1cc(B(O)O)ccc1F. The molecule has 7 N–H and O–H groups in total. The van der Waals surface area contributed by atoms with Crippen molar-refractivity contribution in [3.63, 3.8) is 0 Å². The van der Waals surface area contributed by atoms with Gasteiger partial charge in [0.05, 0.1) is 41.0 Å². The number of aromatic carboxylic acids is 1. The van der Waals surface area contributed by atoms with Crippen molar-refractivity contribution >= 4 is 114 Å². The Kier molecular flexibility index (Phi) is 31.7. The molecule has 9 aromatic rings. The van der Waals surface area contributed by atoms with E-state index in [0.717, 1.165) is 160 Å². The number of nitrogens with zero attached hydrogens (tertiary/aromatic N) is 3. The lowest BCUT2D eigenvalue weighted by molar-refractivity contribution is -0.130. The minimum atomic E-state index is -1.66. The minimum Gasteiger partial charge on any atom is -0.490 e. The number of aryl methyl sites for hydroxylation is 2. The molecule has 15 rings (SSSR count). The third kappa shape index (κ3) is 23.8. The highest BCUT2D eigenvalue weighted by molar-refractivity contribution is 9.10. The van der Waals surface area contributed by atoms with E-state index in [2.05, 4.69) is 88.9 Å². The number of ether oxygens (including phenoxy) is 8. The van der Waals surface area contributed by atoms with Crippen LogP contribution in [-0.2, 0) is 85.1 Å². The molecule has 120 heavy (non-hydrogen) atoms. The highest BCUT2D eigenvalue weighted by Gasteiger charge is 2.40. The zero-order chi connectivity index (χ0) is 84.9. The first kappa shape index (κ1) is 89.8. The fourth-order valence-electron chi connectivity index (χ4n) is 16.1. The van der Waals surface area contributed by atoms with Gasteiger partial charge in [-0.05, 0) is 242 Å². The summed E-state index contributed by atoms with van der Waals surface area (Å²) in [6.45, 7) is 10.5. The predicted molar refractivity (Wildman–Crippen MR) is 456 cm³/mol. The van der Waals surface area contributed by atoms with Gasteiger partial charge in [-0.15, -0.1) is 34.0 Å². The fourth-order valence-corrected chi connectivity index (χ4v) is 18.2. The standard InChI is InChI=1S/C30H33FN2O5S.C28H30FN3O5S.C22H27BrN2O3S.C8H8BFO4/c1-30(17-27(34)33-29-32-11-13-39-29)10-5-6-20-15-26(38-18-21-7-3-4-12-37-21)22(16-24(20)30)19-8-9-25(31)23(14-19)28(35)36-2;1-28(15-25(33)32-27-30-9-11-38-27)22-14-20(17-5-6-23(29)21(12-17)26(34)35)24(13-18(22)7-8-31-28)37-16-19-4-2-3-10-36-19;1-22(13-20(26)25-21-24-8-10-29-21)7-4-5-15-11-19(18(23)12-17(15)22)28-14-16-6-2-3-9-27-16;10-8-2-1-7(9(12)13)3-6(8)4-14-5-11/h8-9,11,13-16,21H,3-7,10,12,17-18H2,1-2H3,(H,32,33,34);5-6,9,11-14,19,31H,2-4,7-8,10,15-16H2,1H3,(H,34,35)(H,30,32,33);8,10-12,16H,2-7,9,13-14H2,1H3,(H,24,25,26);1-3,5,12-13H,4H2. The van der Waals surface area contributed by atoms with Crippen molar-refractivity contribution in [2.24, 2.45) is 0 Å². The summed E-state index contributed by atoms with van der Waals surface area (Å²) in [6, 6.07) is 24.3. The second kappa shape index (κ2) is 42.4. The molecule has 3 saturated heterocycles. The number of fused-ring (bicyclic) bond motifs is 3. The summed E-state index contributed by atoms with van der Waals surface area (Å²) in [7, 11) is -0.431. The number of rotatable bonds is 26. The van der Waals surface area contributed by atoms with Crippen molar-refractivity contribution in [2.45, 2.75) is 184 Å². The van der Waals surface area contributed by atoms with Gasteiger partial charge in [0.1, 0.15) is 61.1 Å². The summed E-state index contributed by atoms with van der Waals surface area (Å²) < 4.78 is 88.1. The second-order valence-corrected chi connectivity index (χ2v) is 34.7. The number of anilines is 3. The quantitative estimate of drug-likeness (QED) is 0.0150. The first-order chi connectivity index (χ1) is 57.9. The summed E-state index contributed by atoms with van der Waals surface area (Å²) in [6.07, 6.45) is 22.1. The lowest BCUT2D eigenvalue weighted by Crippen LogP contribution is -2.47. The van der Waals surface area contributed by atoms with Crippen molar-refractivity contribution in [2.75, 3.05) is 69.2 Å². The van der Waals surface area contributed by atoms with Gasteiger partial charge in [-0.1, -0.05) is 38.1 Å². The van der Waals surface area contributed by atoms with Crippen LogP contribution in [0.15, 0.2) is 130 Å². The van der Waals surface area contributed by atoms with E-state index in [9.17, 15) is 47.0 Å². The maximum Gasteiger partial charge on any atom is 0.488 e. The van der Waals surface area contributed by atoms with Gasteiger partial charge < -0.3 is 74.3 Å². The van der Waals surface area contributed by atoms with E-state index in [1.165, 1.54) is 89.0 Å². The Balaban J connectivity index is 0.000000154. The number of nitrogens with one attached hydrogen (secondary N) is 4. The van der Waals surface area contributed by atoms with Crippen molar-refractivity contribution in [1.82, 2.24) is 20.3 Å². The Hall–Kier alpha value is -9.48. The molecule has 6 aliphatic rings. The number of hydrogen-bond acceptors (Lipinski definition) is 23.